The van der Waals surface area contributed by atoms with Crippen molar-refractivity contribution in [3.05, 3.63) is 60.7 Å². The van der Waals surface area contributed by atoms with Gasteiger partial charge < -0.3 is 4.89 Å². The molecule has 2 aromatic carbocycles. The average Bonchev–Trinajstić information content (AvgIpc) is 2.82. The van der Waals surface area contributed by atoms with Crippen LogP contribution in [0, 0.1) is 0 Å². The molecular formula is C18H21N2O2P. The molecule has 1 saturated carbocycles. The lowest BCUT2D eigenvalue weighted by atomic mass is 9.90. The van der Waals surface area contributed by atoms with Crippen LogP contribution in [0.4, 0.5) is 11.4 Å². The van der Waals surface area contributed by atoms with E-state index in [0.29, 0.717) is 0 Å². The molecule has 23 heavy (non-hydrogen) atoms. The molecule has 0 aromatic heterocycles. The van der Waals surface area contributed by atoms with Gasteiger partial charge in [0.15, 0.2) is 0 Å². The largest absolute Gasteiger partial charge is 0.395 e. The summed E-state index contributed by atoms with van der Waals surface area (Å²) in [6.07, 6.45) is 4.17. The lowest BCUT2D eigenvalue weighted by Crippen LogP contribution is -2.40. The second-order valence-electron chi connectivity index (χ2n) is 6.29. The predicted molar refractivity (Wildman–Crippen MR) is 93.7 cm³/mol. The van der Waals surface area contributed by atoms with Crippen LogP contribution in [0.5, 0.6) is 0 Å². The van der Waals surface area contributed by atoms with Gasteiger partial charge in [-0.05, 0) is 37.1 Å². The minimum absolute atomic E-state index is 0.0992. The number of hydrogen-bond donors (Lipinski definition) is 1. The molecule has 2 aromatic rings. The molecule has 120 valence electrons. The predicted octanol–water partition coefficient (Wildman–Crippen LogP) is 4.42. The molecule has 2 fully saturated rings. The van der Waals surface area contributed by atoms with E-state index in [1.165, 1.54) is 0 Å². The Morgan fingerprint density at radius 2 is 1.17 bits per heavy atom. The minimum Gasteiger partial charge on any atom is -0.313 e. The van der Waals surface area contributed by atoms with Crippen LogP contribution in [0.15, 0.2) is 60.7 Å². The monoisotopic (exact) mass is 328 g/mol. The second kappa shape index (κ2) is 5.70. The summed E-state index contributed by atoms with van der Waals surface area (Å²) in [6, 6.07) is 19.5. The maximum atomic E-state index is 13.5. The molecule has 1 heterocycles. The maximum absolute atomic E-state index is 13.5. The highest BCUT2D eigenvalue weighted by molar-refractivity contribution is 7.62. The molecule has 0 radical (unpaired) electrons. The topological polar surface area (TPSA) is 43.8 Å². The number of hydrogen-bond acceptors (Lipinski definition) is 1. The van der Waals surface area contributed by atoms with E-state index in [9.17, 15) is 9.46 Å². The minimum atomic E-state index is -3.65. The molecule has 2 aliphatic rings. The Morgan fingerprint density at radius 3 is 1.57 bits per heavy atom. The van der Waals surface area contributed by atoms with Crippen molar-refractivity contribution in [3.63, 3.8) is 0 Å². The standard InChI is InChI=1S/C18H21N2O2P/c21-23(22)19(15-9-3-1-4-10-15)17-13-7-8-14-18(17)20(23)16-11-5-2-6-12-16/h1-6,9-12,17-18H,7-8,13-14H2,(H,21,22)/t17-,18-/m1/s1. The number of benzene rings is 2. The first-order valence-electron chi connectivity index (χ1n) is 8.22. The summed E-state index contributed by atoms with van der Waals surface area (Å²) >= 11 is 0. The Hall–Kier alpha value is -1.77. The number of fused-ring (bicyclic) bond motifs is 1. The van der Waals surface area contributed by atoms with Crippen LogP contribution in [-0.2, 0) is 4.57 Å². The lowest BCUT2D eigenvalue weighted by molar-refractivity contribution is 0.409. The molecule has 2 atom stereocenters. The van der Waals surface area contributed by atoms with Gasteiger partial charge >= 0.3 is 7.67 Å². The molecule has 0 spiro atoms. The van der Waals surface area contributed by atoms with Crippen LogP contribution < -0.4 is 9.34 Å². The molecule has 0 bridgehead atoms. The summed E-state index contributed by atoms with van der Waals surface area (Å²) in [6.45, 7) is 0. The van der Waals surface area contributed by atoms with Crippen LogP contribution in [0.1, 0.15) is 25.7 Å². The van der Waals surface area contributed by atoms with Crippen molar-refractivity contribution in [2.75, 3.05) is 9.34 Å². The zero-order valence-electron chi connectivity index (χ0n) is 13.0. The van der Waals surface area contributed by atoms with Crippen molar-refractivity contribution in [1.82, 2.24) is 0 Å². The summed E-state index contributed by atoms with van der Waals surface area (Å²) in [5.41, 5.74) is 1.68. The Labute approximate surface area is 136 Å². The molecule has 4 rings (SSSR count). The van der Waals surface area contributed by atoms with Crippen molar-refractivity contribution >= 4 is 19.0 Å². The summed E-state index contributed by atoms with van der Waals surface area (Å²) in [7, 11) is -3.65. The summed E-state index contributed by atoms with van der Waals surface area (Å²) in [5.74, 6) is 0. The average molecular weight is 328 g/mol. The van der Waals surface area contributed by atoms with Crippen molar-refractivity contribution in [2.45, 2.75) is 37.8 Å². The van der Waals surface area contributed by atoms with E-state index in [1.54, 1.807) is 9.34 Å². The SMILES string of the molecule is O=P1(O)N(c2ccccc2)[C@@H]2CCCC[C@H]2N1c1ccccc1. The smallest absolute Gasteiger partial charge is 0.313 e. The number of para-hydroxylation sites is 2. The van der Waals surface area contributed by atoms with Crippen molar-refractivity contribution in [2.24, 2.45) is 0 Å². The van der Waals surface area contributed by atoms with Crippen molar-refractivity contribution < 1.29 is 9.46 Å². The Balaban J connectivity index is 1.83. The molecule has 1 saturated heterocycles. The fraction of sp³-hybridized carbons (Fsp3) is 0.333. The van der Waals surface area contributed by atoms with Crippen LogP contribution >= 0.6 is 7.67 Å². The van der Waals surface area contributed by atoms with Gasteiger partial charge in [0, 0.05) is 11.4 Å². The van der Waals surface area contributed by atoms with E-state index < -0.39 is 7.67 Å². The lowest BCUT2D eigenvalue weighted by Gasteiger charge is -2.31. The molecule has 0 unspecified atom stereocenters. The van der Waals surface area contributed by atoms with E-state index in [0.717, 1.165) is 37.1 Å². The van der Waals surface area contributed by atoms with Gasteiger partial charge in [0.05, 0.1) is 12.1 Å². The van der Waals surface area contributed by atoms with Gasteiger partial charge in [-0.1, -0.05) is 49.2 Å². The van der Waals surface area contributed by atoms with Crippen molar-refractivity contribution in [1.29, 1.82) is 0 Å². The van der Waals surface area contributed by atoms with E-state index in [-0.39, 0.29) is 12.1 Å². The van der Waals surface area contributed by atoms with Gasteiger partial charge in [0.1, 0.15) is 0 Å². The fourth-order valence-electron chi connectivity index (χ4n) is 4.00. The van der Waals surface area contributed by atoms with Gasteiger partial charge in [0.2, 0.25) is 0 Å². The third-order valence-electron chi connectivity index (χ3n) is 4.93. The van der Waals surface area contributed by atoms with Gasteiger partial charge in [0.25, 0.3) is 0 Å². The fourth-order valence-corrected chi connectivity index (χ4v) is 6.39. The van der Waals surface area contributed by atoms with Crippen molar-refractivity contribution in [3.8, 4) is 0 Å². The normalized spacial score (nSPS) is 26.1. The number of anilines is 2. The summed E-state index contributed by atoms with van der Waals surface area (Å²) in [4.78, 5) is 11.1. The Kier molecular flexibility index (Phi) is 3.67. The van der Waals surface area contributed by atoms with Crippen LogP contribution in [0.2, 0.25) is 0 Å². The molecule has 5 heteroatoms. The summed E-state index contributed by atoms with van der Waals surface area (Å²) in [5, 5.41) is 0. The molecule has 1 aliphatic heterocycles. The first kappa shape index (κ1) is 14.8. The Morgan fingerprint density at radius 1 is 0.783 bits per heavy atom. The maximum Gasteiger partial charge on any atom is 0.395 e. The van der Waals surface area contributed by atoms with Gasteiger partial charge in [-0.15, -0.1) is 0 Å². The van der Waals surface area contributed by atoms with E-state index in [2.05, 4.69) is 0 Å². The zero-order chi connectivity index (χ0) is 15.9. The van der Waals surface area contributed by atoms with E-state index in [4.69, 9.17) is 0 Å². The second-order valence-corrected chi connectivity index (χ2v) is 8.18. The highest BCUT2D eigenvalue weighted by Crippen LogP contribution is 2.63. The van der Waals surface area contributed by atoms with Crippen LogP contribution in [0.25, 0.3) is 0 Å². The summed E-state index contributed by atoms with van der Waals surface area (Å²) < 4.78 is 17.0. The third-order valence-corrected chi connectivity index (χ3v) is 7.10. The van der Waals surface area contributed by atoms with E-state index in [1.807, 2.05) is 60.7 Å². The molecule has 1 aliphatic carbocycles. The zero-order valence-corrected chi connectivity index (χ0v) is 13.8. The van der Waals surface area contributed by atoms with Crippen LogP contribution in [-0.4, -0.2) is 17.0 Å². The quantitative estimate of drug-likeness (QED) is 0.829. The molecule has 0 amide bonds. The first-order chi connectivity index (χ1) is 11.2. The number of nitrogens with zero attached hydrogens (tertiary/aromatic N) is 2. The molecule has 4 nitrogen and oxygen atoms in total. The van der Waals surface area contributed by atoms with Gasteiger partial charge in [-0.3, -0.25) is 9.34 Å². The highest BCUT2D eigenvalue weighted by atomic mass is 31.2. The third kappa shape index (κ3) is 2.37. The highest BCUT2D eigenvalue weighted by Gasteiger charge is 2.54. The van der Waals surface area contributed by atoms with Gasteiger partial charge in [-0.25, -0.2) is 4.57 Å². The van der Waals surface area contributed by atoms with Crippen LogP contribution in [0.3, 0.4) is 0 Å². The molecular weight excluding hydrogens is 307 g/mol. The number of rotatable bonds is 2. The van der Waals surface area contributed by atoms with Gasteiger partial charge in [-0.2, -0.15) is 0 Å². The first-order valence-corrected chi connectivity index (χ1v) is 9.78. The van der Waals surface area contributed by atoms with E-state index >= 15 is 0 Å². The Bertz CT molecular complexity index is 663. The molecule has 1 N–H and O–H groups in total.